The first kappa shape index (κ1) is 23.4. The smallest absolute Gasteiger partial charge is 0.417 e. The molecule has 4 rings (SSSR count). The van der Waals surface area contributed by atoms with E-state index >= 15 is 0 Å². The summed E-state index contributed by atoms with van der Waals surface area (Å²) in [4.78, 5) is 16.9. The van der Waals surface area contributed by atoms with E-state index in [-0.39, 0.29) is 16.9 Å². The summed E-state index contributed by atoms with van der Waals surface area (Å²) in [5.41, 5.74) is 3.46. The Balaban J connectivity index is 1.74. The van der Waals surface area contributed by atoms with Crippen LogP contribution >= 0.6 is 24.0 Å². The van der Waals surface area contributed by atoms with Crippen molar-refractivity contribution in [1.29, 1.82) is 5.26 Å². The molecule has 2 aromatic rings. The number of alkyl halides is 3. The van der Waals surface area contributed by atoms with Crippen LogP contribution in [0.5, 0.6) is 5.75 Å². The fourth-order valence-electron chi connectivity index (χ4n) is 3.82. The van der Waals surface area contributed by atoms with Gasteiger partial charge in [0.15, 0.2) is 5.11 Å². The van der Waals surface area contributed by atoms with Crippen molar-refractivity contribution in [3.8, 4) is 11.8 Å². The van der Waals surface area contributed by atoms with Gasteiger partial charge in [0.1, 0.15) is 17.4 Å². The zero-order valence-electron chi connectivity index (χ0n) is 17.6. The van der Waals surface area contributed by atoms with Gasteiger partial charge in [-0.1, -0.05) is 0 Å². The number of amides is 1. The van der Waals surface area contributed by atoms with Crippen molar-refractivity contribution in [2.75, 3.05) is 22.1 Å². The third-order valence-corrected chi connectivity index (χ3v) is 7.06. The van der Waals surface area contributed by atoms with E-state index in [9.17, 15) is 18.0 Å². The standard InChI is InChI=1S/C22H19F3N4O2S2/c1-21(2)19(30)28(13-4-3-12(9-26)16(7-13)22(23,24)25)20(32)29(21)14-5-6-17-18(8-14)33-11-15(10-27)31-17/h3-8,15H,10-11,27H2,1-2H3/t15-/m0/s1. The maximum absolute atomic E-state index is 13.5. The molecule has 1 fully saturated rings. The van der Waals surface area contributed by atoms with Gasteiger partial charge in [0.25, 0.3) is 5.91 Å². The van der Waals surface area contributed by atoms with Crippen molar-refractivity contribution < 1.29 is 22.7 Å². The van der Waals surface area contributed by atoms with E-state index in [2.05, 4.69) is 0 Å². The van der Waals surface area contributed by atoms with E-state index in [0.717, 1.165) is 21.9 Å². The number of thioether (sulfide) groups is 1. The number of hydrogen-bond acceptors (Lipinski definition) is 6. The number of halogens is 3. The molecule has 0 aromatic heterocycles. The second-order valence-electron chi connectivity index (χ2n) is 8.07. The molecule has 0 bridgehead atoms. The molecule has 2 N–H and O–H groups in total. The Hall–Kier alpha value is -2.81. The fraction of sp³-hybridized carbons (Fsp3) is 0.318. The summed E-state index contributed by atoms with van der Waals surface area (Å²) < 4.78 is 46.3. The molecule has 2 aliphatic heterocycles. The van der Waals surface area contributed by atoms with E-state index < -0.39 is 28.7 Å². The summed E-state index contributed by atoms with van der Waals surface area (Å²) >= 11 is 7.15. The van der Waals surface area contributed by atoms with Crippen molar-refractivity contribution >= 4 is 46.4 Å². The van der Waals surface area contributed by atoms with Crippen molar-refractivity contribution in [3.05, 3.63) is 47.5 Å². The number of nitrogens with zero attached hydrogens (tertiary/aromatic N) is 3. The minimum Gasteiger partial charge on any atom is -0.487 e. The van der Waals surface area contributed by atoms with Crippen LogP contribution in [0.3, 0.4) is 0 Å². The van der Waals surface area contributed by atoms with Gasteiger partial charge in [0.05, 0.1) is 27.8 Å². The summed E-state index contributed by atoms with van der Waals surface area (Å²) in [6.07, 6.45) is -4.84. The van der Waals surface area contributed by atoms with Crippen LogP contribution in [0.2, 0.25) is 0 Å². The molecule has 0 aliphatic carbocycles. The highest BCUT2D eigenvalue weighted by atomic mass is 32.2. The number of fused-ring (bicyclic) bond motifs is 1. The summed E-state index contributed by atoms with van der Waals surface area (Å²) in [5.74, 6) is 0.880. The second kappa shape index (κ2) is 8.20. The lowest BCUT2D eigenvalue weighted by Crippen LogP contribution is -2.44. The van der Waals surface area contributed by atoms with Crippen LogP contribution in [-0.4, -0.2) is 35.0 Å². The molecular weight excluding hydrogens is 473 g/mol. The number of nitriles is 1. The highest BCUT2D eigenvalue weighted by Gasteiger charge is 2.51. The van der Waals surface area contributed by atoms with Crippen molar-refractivity contribution in [3.63, 3.8) is 0 Å². The lowest BCUT2D eigenvalue weighted by atomic mass is 10.0. The first-order valence-electron chi connectivity index (χ1n) is 9.92. The molecule has 11 heteroatoms. The number of carbonyl (C=O) groups is 1. The maximum Gasteiger partial charge on any atom is 0.417 e. The molecule has 1 saturated heterocycles. The lowest BCUT2D eigenvalue weighted by molar-refractivity contribution is -0.137. The molecule has 0 radical (unpaired) electrons. The van der Waals surface area contributed by atoms with Crippen LogP contribution in [0.15, 0.2) is 41.3 Å². The quantitative estimate of drug-likeness (QED) is 0.640. The van der Waals surface area contributed by atoms with Gasteiger partial charge in [0.2, 0.25) is 0 Å². The average molecular weight is 493 g/mol. The Labute approximate surface area is 198 Å². The van der Waals surface area contributed by atoms with Crippen LogP contribution in [0.1, 0.15) is 25.0 Å². The van der Waals surface area contributed by atoms with Crippen LogP contribution in [0.25, 0.3) is 0 Å². The SMILES string of the molecule is CC1(C)C(=O)N(c2ccc(C#N)c(C(F)(F)F)c2)C(=S)N1c1ccc2c(c1)SC[C@H](CN)O2. The molecule has 2 heterocycles. The Bertz CT molecular complexity index is 1190. The van der Waals surface area contributed by atoms with E-state index in [1.807, 2.05) is 6.07 Å². The molecular formula is C22H19F3N4O2S2. The van der Waals surface area contributed by atoms with Gasteiger partial charge in [-0.05, 0) is 62.5 Å². The first-order chi connectivity index (χ1) is 15.5. The molecule has 0 saturated carbocycles. The molecule has 2 aliphatic rings. The first-order valence-corrected chi connectivity index (χ1v) is 11.3. The second-order valence-corrected chi connectivity index (χ2v) is 9.50. The monoisotopic (exact) mass is 492 g/mol. The highest BCUT2D eigenvalue weighted by Crippen LogP contribution is 2.43. The van der Waals surface area contributed by atoms with Gasteiger partial charge in [0, 0.05) is 18.0 Å². The topological polar surface area (TPSA) is 82.6 Å². The number of ether oxygens (including phenoxy) is 1. The predicted octanol–water partition coefficient (Wildman–Crippen LogP) is 4.31. The largest absolute Gasteiger partial charge is 0.487 e. The van der Waals surface area contributed by atoms with Crippen molar-refractivity contribution in [1.82, 2.24) is 0 Å². The third kappa shape index (κ3) is 3.92. The number of anilines is 2. The zero-order valence-corrected chi connectivity index (χ0v) is 19.3. The molecule has 6 nitrogen and oxygen atoms in total. The minimum absolute atomic E-state index is 0.0457. The third-order valence-electron chi connectivity index (χ3n) is 5.52. The number of carbonyl (C=O) groups excluding carboxylic acids is 1. The highest BCUT2D eigenvalue weighted by molar-refractivity contribution is 7.99. The van der Waals surface area contributed by atoms with Crippen LogP contribution in [-0.2, 0) is 11.0 Å². The summed E-state index contributed by atoms with van der Waals surface area (Å²) in [5, 5.41) is 9.11. The number of rotatable bonds is 3. The van der Waals surface area contributed by atoms with E-state index in [1.165, 1.54) is 6.07 Å². The van der Waals surface area contributed by atoms with Crippen LogP contribution in [0.4, 0.5) is 24.5 Å². The molecule has 172 valence electrons. The minimum atomic E-state index is -4.75. The summed E-state index contributed by atoms with van der Waals surface area (Å²) in [6.45, 7) is 3.71. The van der Waals surface area contributed by atoms with Crippen molar-refractivity contribution in [2.24, 2.45) is 5.73 Å². The summed E-state index contributed by atoms with van der Waals surface area (Å²) in [7, 11) is 0. The fourth-order valence-corrected chi connectivity index (χ4v) is 5.37. The van der Waals surface area contributed by atoms with Crippen LogP contribution < -0.4 is 20.3 Å². The Morgan fingerprint density at radius 1 is 1.27 bits per heavy atom. The van der Waals surface area contributed by atoms with Gasteiger partial charge >= 0.3 is 6.18 Å². The average Bonchev–Trinajstić information content (AvgIpc) is 2.95. The lowest BCUT2D eigenvalue weighted by Gasteiger charge is -2.31. The molecule has 2 aromatic carbocycles. The Morgan fingerprint density at radius 2 is 1.97 bits per heavy atom. The van der Waals surface area contributed by atoms with Crippen molar-refractivity contribution in [2.45, 2.75) is 36.6 Å². The normalized spacial score (nSPS) is 19.8. The van der Waals surface area contributed by atoms with E-state index in [4.69, 9.17) is 28.0 Å². The number of hydrogen-bond donors (Lipinski definition) is 1. The van der Waals surface area contributed by atoms with E-state index in [0.29, 0.717) is 23.7 Å². The molecule has 1 amide bonds. The van der Waals surface area contributed by atoms with Gasteiger partial charge in [-0.2, -0.15) is 18.4 Å². The Morgan fingerprint density at radius 3 is 2.61 bits per heavy atom. The molecule has 33 heavy (non-hydrogen) atoms. The Kier molecular flexibility index (Phi) is 5.80. The maximum atomic E-state index is 13.5. The number of benzene rings is 2. The van der Waals surface area contributed by atoms with Gasteiger partial charge in [-0.3, -0.25) is 9.69 Å². The van der Waals surface area contributed by atoms with Gasteiger partial charge < -0.3 is 15.4 Å². The molecule has 1 atom stereocenters. The predicted molar refractivity (Wildman–Crippen MR) is 123 cm³/mol. The molecule has 0 spiro atoms. The number of nitrogens with two attached hydrogens (primary N) is 1. The van der Waals surface area contributed by atoms with Gasteiger partial charge in [-0.25, -0.2) is 0 Å². The molecule has 0 unspecified atom stereocenters. The van der Waals surface area contributed by atoms with Gasteiger partial charge in [-0.15, -0.1) is 11.8 Å². The number of thiocarbonyl (C=S) groups is 1. The van der Waals surface area contributed by atoms with E-state index in [1.54, 1.807) is 48.7 Å². The zero-order chi connectivity index (χ0) is 24.1. The summed E-state index contributed by atoms with van der Waals surface area (Å²) in [6, 6.07) is 10.0. The van der Waals surface area contributed by atoms with Crippen LogP contribution in [0, 0.1) is 11.3 Å².